The summed E-state index contributed by atoms with van der Waals surface area (Å²) in [6, 6.07) is 10.3. The molecule has 1 amide bonds. The van der Waals surface area contributed by atoms with Crippen molar-refractivity contribution in [1.29, 1.82) is 0 Å². The Morgan fingerprint density at radius 3 is 2.48 bits per heavy atom. The highest BCUT2D eigenvalue weighted by Gasteiger charge is 2.31. The van der Waals surface area contributed by atoms with Crippen LogP contribution >= 0.6 is 0 Å². The van der Waals surface area contributed by atoms with E-state index in [-0.39, 0.29) is 5.92 Å². The van der Waals surface area contributed by atoms with E-state index in [1.807, 2.05) is 18.2 Å². The SMILES string of the molecule is CC(C)CCN(Cc1c(-c2ccccc2)noc1N1CCCCC1)C(=O)C1CCCC1. The molecule has 1 aromatic carbocycles. The molecule has 5 nitrogen and oxygen atoms in total. The largest absolute Gasteiger partial charge is 0.340 e. The van der Waals surface area contributed by atoms with Gasteiger partial charge < -0.3 is 14.3 Å². The molecule has 0 unspecified atom stereocenters. The first kappa shape index (κ1) is 21.9. The summed E-state index contributed by atoms with van der Waals surface area (Å²) in [6.07, 6.45) is 9.07. The maximum atomic E-state index is 13.5. The molecule has 4 rings (SSSR count). The molecule has 1 saturated carbocycles. The third-order valence-electron chi connectivity index (χ3n) is 6.80. The average Bonchev–Trinajstić information content (AvgIpc) is 3.47. The summed E-state index contributed by atoms with van der Waals surface area (Å²) in [4.78, 5) is 17.9. The van der Waals surface area contributed by atoms with Crippen molar-refractivity contribution < 1.29 is 9.32 Å². The Morgan fingerprint density at radius 1 is 1.10 bits per heavy atom. The maximum Gasteiger partial charge on any atom is 0.232 e. The zero-order valence-corrected chi connectivity index (χ0v) is 19.2. The first-order chi connectivity index (χ1) is 15.1. The van der Waals surface area contributed by atoms with Crippen LogP contribution in [0.1, 0.15) is 70.8 Å². The molecule has 2 aliphatic rings. The van der Waals surface area contributed by atoms with Crippen LogP contribution in [-0.4, -0.2) is 35.6 Å². The van der Waals surface area contributed by atoms with Crippen LogP contribution in [0.3, 0.4) is 0 Å². The summed E-state index contributed by atoms with van der Waals surface area (Å²) < 4.78 is 5.96. The number of piperidine rings is 1. The van der Waals surface area contributed by atoms with Gasteiger partial charge in [-0.3, -0.25) is 4.79 Å². The molecule has 1 saturated heterocycles. The minimum Gasteiger partial charge on any atom is -0.340 e. The fraction of sp³-hybridized carbons (Fsp3) is 0.615. The van der Waals surface area contributed by atoms with Gasteiger partial charge in [-0.2, -0.15) is 0 Å². The van der Waals surface area contributed by atoms with Crippen LogP contribution in [0, 0.1) is 11.8 Å². The third-order valence-corrected chi connectivity index (χ3v) is 6.80. The Bertz CT molecular complexity index is 834. The molecule has 0 N–H and O–H groups in total. The van der Waals surface area contributed by atoms with Gasteiger partial charge >= 0.3 is 0 Å². The van der Waals surface area contributed by atoms with Crippen molar-refractivity contribution in [3.8, 4) is 11.3 Å². The normalized spacial score (nSPS) is 17.5. The van der Waals surface area contributed by atoms with Gasteiger partial charge in [-0.15, -0.1) is 0 Å². The lowest BCUT2D eigenvalue weighted by Gasteiger charge is -2.30. The highest BCUT2D eigenvalue weighted by Crippen LogP contribution is 2.35. The van der Waals surface area contributed by atoms with Crippen molar-refractivity contribution in [2.24, 2.45) is 11.8 Å². The van der Waals surface area contributed by atoms with E-state index in [0.717, 1.165) is 61.6 Å². The molecule has 2 heterocycles. The second-order valence-corrected chi connectivity index (χ2v) is 9.65. The number of aromatic nitrogens is 1. The van der Waals surface area contributed by atoms with E-state index in [2.05, 4.69) is 40.9 Å². The highest BCUT2D eigenvalue weighted by molar-refractivity contribution is 5.80. The zero-order valence-electron chi connectivity index (χ0n) is 19.2. The van der Waals surface area contributed by atoms with Crippen molar-refractivity contribution >= 4 is 11.8 Å². The number of hydrogen-bond donors (Lipinski definition) is 0. The predicted octanol–water partition coefficient (Wildman–Crippen LogP) is 5.90. The van der Waals surface area contributed by atoms with Crippen molar-refractivity contribution in [2.75, 3.05) is 24.5 Å². The Balaban J connectivity index is 1.66. The van der Waals surface area contributed by atoms with E-state index in [1.54, 1.807) is 0 Å². The molecule has 168 valence electrons. The van der Waals surface area contributed by atoms with Crippen LogP contribution in [0.25, 0.3) is 11.3 Å². The second kappa shape index (κ2) is 10.3. The van der Waals surface area contributed by atoms with Gasteiger partial charge in [0.15, 0.2) is 0 Å². The van der Waals surface area contributed by atoms with Crippen LogP contribution < -0.4 is 4.90 Å². The van der Waals surface area contributed by atoms with Gasteiger partial charge in [0.1, 0.15) is 5.69 Å². The van der Waals surface area contributed by atoms with E-state index >= 15 is 0 Å². The van der Waals surface area contributed by atoms with Crippen LogP contribution in [0.15, 0.2) is 34.9 Å². The van der Waals surface area contributed by atoms with Gasteiger partial charge in [0.2, 0.25) is 11.8 Å². The molecular weight excluding hydrogens is 386 g/mol. The molecule has 31 heavy (non-hydrogen) atoms. The number of carbonyl (C=O) groups is 1. The molecule has 0 spiro atoms. The van der Waals surface area contributed by atoms with E-state index in [9.17, 15) is 4.79 Å². The van der Waals surface area contributed by atoms with E-state index < -0.39 is 0 Å². The Hall–Kier alpha value is -2.30. The van der Waals surface area contributed by atoms with Gasteiger partial charge in [-0.05, 0) is 44.4 Å². The molecule has 0 radical (unpaired) electrons. The van der Waals surface area contributed by atoms with E-state index in [4.69, 9.17) is 4.52 Å². The molecular formula is C26H37N3O2. The van der Waals surface area contributed by atoms with Gasteiger partial charge in [0.05, 0.1) is 12.1 Å². The molecule has 2 aromatic rings. The monoisotopic (exact) mass is 423 g/mol. The van der Waals surface area contributed by atoms with Crippen LogP contribution in [0.2, 0.25) is 0 Å². The molecule has 5 heteroatoms. The first-order valence-corrected chi connectivity index (χ1v) is 12.2. The van der Waals surface area contributed by atoms with E-state index in [0.29, 0.717) is 18.4 Å². The summed E-state index contributed by atoms with van der Waals surface area (Å²) in [5, 5.41) is 4.51. The highest BCUT2D eigenvalue weighted by atomic mass is 16.5. The van der Waals surface area contributed by atoms with Crippen molar-refractivity contribution in [1.82, 2.24) is 10.1 Å². The number of rotatable bonds is 8. The standard InChI is InChI=1S/C26H37N3O2/c1-20(2)15-18-29(25(30)22-13-7-8-14-22)19-23-24(21-11-5-3-6-12-21)27-31-26(23)28-16-9-4-10-17-28/h3,5-6,11-12,20,22H,4,7-10,13-19H2,1-2H3. The minimum atomic E-state index is 0.186. The lowest BCUT2D eigenvalue weighted by molar-refractivity contribution is -0.136. The number of amides is 1. The number of benzene rings is 1. The van der Waals surface area contributed by atoms with Gasteiger partial charge in [0.25, 0.3) is 0 Å². The zero-order chi connectivity index (χ0) is 21.6. The Kier molecular flexibility index (Phi) is 7.31. The van der Waals surface area contributed by atoms with Gasteiger partial charge in [-0.25, -0.2) is 0 Å². The summed E-state index contributed by atoms with van der Waals surface area (Å²) in [5.41, 5.74) is 3.01. The van der Waals surface area contributed by atoms with Crippen LogP contribution in [0.4, 0.5) is 5.88 Å². The van der Waals surface area contributed by atoms with Crippen LogP contribution in [-0.2, 0) is 11.3 Å². The summed E-state index contributed by atoms with van der Waals surface area (Å²) >= 11 is 0. The lowest BCUT2D eigenvalue weighted by atomic mass is 10.0. The van der Waals surface area contributed by atoms with Gasteiger partial charge in [-0.1, -0.05) is 62.2 Å². The fourth-order valence-electron chi connectivity index (χ4n) is 4.91. The molecule has 1 aliphatic heterocycles. The van der Waals surface area contributed by atoms with Crippen molar-refractivity contribution in [3.05, 3.63) is 35.9 Å². The summed E-state index contributed by atoms with van der Waals surface area (Å²) in [7, 11) is 0. The number of hydrogen-bond acceptors (Lipinski definition) is 4. The lowest BCUT2D eigenvalue weighted by Crippen LogP contribution is -2.37. The first-order valence-electron chi connectivity index (χ1n) is 12.2. The van der Waals surface area contributed by atoms with Gasteiger partial charge in [0, 0.05) is 31.1 Å². The van der Waals surface area contributed by atoms with Crippen molar-refractivity contribution in [3.63, 3.8) is 0 Å². The molecule has 0 bridgehead atoms. The van der Waals surface area contributed by atoms with Crippen molar-refractivity contribution in [2.45, 2.75) is 71.8 Å². The maximum absolute atomic E-state index is 13.5. The quantitative estimate of drug-likeness (QED) is 0.531. The summed E-state index contributed by atoms with van der Waals surface area (Å²) in [5.74, 6) is 1.94. The second-order valence-electron chi connectivity index (χ2n) is 9.65. The Morgan fingerprint density at radius 2 is 1.81 bits per heavy atom. The number of carbonyl (C=O) groups excluding carboxylic acids is 1. The van der Waals surface area contributed by atoms with Crippen LogP contribution in [0.5, 0.6) is 0 Å². The predicted molar refractivity (Wildman–Crippen MR) is 125 cm³/mol. The summed E-state index contributed by atoms with van der Waals surface area (Å²) in [6.45, 7) is 7.84. The molecule has 2 fully saturated rings. The molecule has 0 atom stereocenters. The molecule has 1 aliphatic carbocycles. The minimum absolute atomic E-state index is 0.186. The molecule has 1 aromatic heterocycles. The number of nitrogens with zero attached hydrogens (tertiary/aromatic N) is 3. The fourth-order valence-corrected chi connectivity index (χ4v) is 4.91. The van der Waals surface area contributed by atoms with E-state index in [1.165, 1.54) is 32.1 Å². The average molecular weight is 424 g/mol. The smallest absolute Gasteiger partial charge is 0.232 e. The topological polar surface area (TPSA) is 49.6 Å². The third kappa shape index (κ3) is 5.31. The Labute approximate surface area is 186 Å². The number of anilines is 1.